The minimum atomic E-state index is -4.30. The molecule has 0 spiro atoms. The smallest absolute Gasteiger partial charge is 0.416 e. The van der Waals surface area contributed by atoms with Crippen molar-refractivity contribution >= 4 is 5.97 Å². The molecule has 2 atom stereocenters. The van der Waals surface area contributed by atoms with E-state index in [1.54, 1.807) is 0 Å². The van der Waals surface area contributed by atoms with E-state index < -0.39 is 17.7 Å². The summed E-state index contributed by atoms with van der Waals surface area (Å²) >= 11 is 0. The first-order chi connectivity index (χ1) is 18.5. The van der Waals surface area contributed by atoms with Gasteiger partial charge in [-0.15, -0.1) is 0 Å². The zero-order valence-electron chi connectivity index (χ0n) is 22.0. The average Bonchev–Trinajstić information content (AvgIpc) is 3.28. The van der Waals surface area contributed by atoms with Crippen LogP contribution in [0.2, 0.25) is 0 Å². The number of alkyl halides is 3. The quantitative estimate of drug-likeness (QED) is 0.315. The normalized spacial score (nSPS) is 17.4. The van der Waals surface area contributed by atoms with Gasteiger partial charge in [0.2, 0.25) is 5.89 Å². The summed E-state index contributed by atoms with van der Waals surface area (Å²) in [4.78, 5) is 15.2. The monoisotopic (exact) mass is 549 g/mol. The van der Waals surface area contributed by atoms with E-state index in [0.29, 0.717) is 18.1 Å². The summed E-state index contributed by atoms with van der Waals surface area (Å²) in [6, 6.07) is 12.5. The van der Waals surface area contributed by atoms with E-state index in [-0.39, 0.29) is 31.8 Å². The molecule has 0 bridgehead atoms. The summed E-state index contributed by atoms with van der Waals surface area (Å²) in [7, 11) is 0. The van der Waals surface area contributed by atoms with Crippen molar-refractivity contribution in [1.29, 1.82) is 0 Å². The number of hydrogen-bond acceptors (Lipinski definition) is 6. The number of aliphatic carboxylic acids is 1. The largest absolute Gasteiger partial charge is 0.481 e. The van der Waals surface area contributed by atoms with Gasteiger partial charge in [-0.3, -0.25) is 4.79 Å². The van der Waals surface area contributed by atoms with Gasteiger partial charge in [0.15, 0.2) is 0 Å². The van der Waals surface area contributed by atoms with Gasteiger partial charge in [0.1, 0.15) is 11.5 Å². The number of hydrogen-bond donors (Lipinski definition) is 2. The number of nitrogens with zero attached hydrogens (tertiary/aromatic N) is 1. The van der Waals surface area contributed by atoms with Gasteiger partial charge in [-0.2, -0.15) is 13.2 Å². The third-order valence-corrected chi connectivity index (χ3v) is 6.32. The van der Waals surface area contributed by atoms with E-state index in [4.69, 9.17) is 24.1 Å². The maximum atomic E-state index is 12.0. The van der Waals surface area contributed by atoms with Crippen molar-refractivity contribution in [3.63, 3.8) is 0 Å². The highest BCUT2D eigenvalue weighted by Gasteiger charge is 2.29. The minimum absolute atomic E-state index is 0.0435. The van der Waals surface area contributed by atoms with E-state index in [1.807, 2.05) is 32.0 Å². The van der Waals surface area contributed by atoms with Crippen molar-refractivity contribution in [2.24, 2.45) is 0 Å². The Bertz CT molecular complexity index is 1190. The number of benzene rings is 2. The number of carbonyl (C=O) groups is 1. The van der Waals surface area contributed by atoms with Gasteiger partial charge in [0, 0.05) is 5.56 Å². The lowest BCUT2D eigenvalue weighted by molar-refractivity contribution is -0.139. The lowest BCUT2D eigenvalue weighted by Crippen LogP contribution is -2.29. The molecule has 2 aromatic carbocycles. The first-order valence-electron chi connectivity index (χ1n) is 12.8. The highest BCUT2D eigenvalue weighted by atomic mass is 19.4. The predicted molar refractivity (Wildman–Crippen MR) is 138 cm³/mol. The zero-order valence-corrected chi connectivity index (χ0v) is 22.0. The van der Waals surface area contributed by atoms with Crippen LogP contribution in [0.3, 0.4) is 0 Å². The molecule has 1 saturated carbocycles. The van der Waals surface area contributed by atoms with Crippen molar-refractivity contribution in [3.8, 4) is 11.5 Å². The molecule has 0 aliphatic heterocycles. The fraction of sp³-hybridized carbons (Fsp3) is 0.448. The number of rotatable bonds is 9. The van der Waals surface area contributed by atoms with Crippen LogP contribution in [0, 0.1) is 13.8 Å². The van der Waals surface area contributed by atoms with E-state index >= 15 is 0 Å². The van der Waals surface area contributed by atoms with Crippen LogP contribution in [0.4, 0.5) is 13.2 Å². The molecular formula is C29H34F3NO6. The Labute approximate surface area is 225 Å². The molecule has 0 amide bonds. The lowest BCUT2D eigenvalue weighted by Gasteiger charge is -2.29. The van der Waals surface area contributed by atoms with Crippen LogP contribution in [-0.2, 0) is 33.7 Å². The molecule has 4 rings (SSSR count). The highest BCUT2D eigenvalue weighted by molar-refractivity contribution is 5.66. The number of carboxylic acids is 1. The van der Waals surface area contributed by atoms with Crippen LogP contribution >= 0.6 is 0 Å². The third kappa shape index (κ3) is 9.80. The summed E-state index contributed by atoms with van der Waals surface area (Å²) in [5, 5.41) is 17.3. The zero-order chi connectivity index (χ0) is 28.4. The summed E-state index contributed by atoms with van der Waals surface area (Å²) in [6.07, 6.45) is -0.316. The first kappa shape index (κ1) is 30.3. The standard InChI is InChI=1S/C21H27NO5.C8H7F3O/c1-14-5-3-6-16(11-14)21-22-19(15(2)27-21)13-26-18-8-4-7-17(12-18)25-10-9-20(23)24;9-8(10,11)7-3-1-6(5-12)2-4-7/h3,5-6,11,17-18H,4,7-10,12-13H2,1-2H3,(H,23,24);1-4,12H,5H2. The van der Waals surface area contributed by atoms with Gasteiger partial charge < -0.3 is 24.1 Å². The molecule has 0 saturated heterocycles. The second-order valence-electron chi connectivity index (χ2n) is 9.48. The molecule has 2 unspecified atom stereocenters. The molecule has 212 valence electrons. The third-order valence-electron chi connectivity index (χ3n) is 6.32. The molecule has 1 heterocycles. The first-order valence-corrected chi connectivity index (χ1v) is 12.8. The Morgan fingerprint density at radius 3 is 2.38 bits per heavy atom. The van der Waals surface area contributed by atoms with Crippen LogP contribution in [0.1, 0.15) is 60.2 Å². The van der Waals surface area contributed by atoms with Gasteiger partial charge in [-0.25, -0.2) is 4.98 Å². The predicted octanol–water partition coefficient (Wildman–Crippen LogP) is 6.48. The van der Waals surface area contributed by atoms with Crippen LogP contribution < -0.4 is 0 Å². The number of carboxylic acid groups (broad SMARTS) is 1. The Hall–Kier alpha value is -3.21. The molecule has 1 aliphatic rings. The summed E-state index contributed by atoms with van der Waals surface area (Å²) in [6.45, 7) is 4.38. The molecule has 7 nitrogen and oxygen atoms in total. The summed E-state index contributed by atoms with van der Waals surface area (Å²) < 4.78 is 53.4. The number of aliphatic hydroxyl groups is 1. The molecule has 1 aliphatic carbocycles. The molecule has 1 fully saturated rings. The topological polar surface area (TPSA) is 102 Å². The van der Waals surface area contributed by atoms with Crippen LogP contribution in [0.5, 0.6) is 0 Å². The van der Waals surface area contributed by atoms with Gasteiger partial charge in [-0.05, 0) is 69.4 Å². The van der Waals surface area contributed by atoms with Crippen LogP contribution in [-0.4, -0.2) is 40.0 Å². The second kappa shape index (κ2) is 14.3. The fourth-order valence-corrected chi connectivity index (χ4v) is 4.18. The fourth-order valence-electron chi connectivity index (χ4n) is 4.18. The Kier molecular flexibility index (Phi) is 11.1. The number of aromatic nitrogens is 1. The molecule has 3 aromatic rings. The molecule has 10 heteroatoms. The van der Waals surface area contributed by atoms with Gasteiger partial charge in [0.05, 0.1) is 44.0 Å². The van der Waals surface area contributed by atoms with Crippen molar-refractivity contribution in [2.45, 2.75) is 77.5 Å². The number of aryl methyl sites for hydroxylation is 2. The SMILES string of the molecule is Cc1cccc(-c2nc(COC3CCCC(OCCC(=O)O)C3)c(C)o2)c1.OCc1ccc(C(F)(F)F)cc1. The molecule has 0 radical (unpaired) electrons. The maximum Gasteiger partial charge on any atom is 0.416 e. The number of aliphatic hydroxyl groups excluding tert-OH is 1. The number of oxazole rings is 1. The molecule has 2 N–H and O–H groups in total. The molecule has 39 heavy (non-hydrogen) atoms. The number of halogens is 3. The van der Waals surface area contributed by atoms with Crippen molar-refractivity contribution < 1.29 is 42.1 Å². The number of ether oxygens (including phenoxy) is 2. The van der Waals surface area contributed by atoms with E-state index in [2.05, 4.69) is 11.1 Å². The minimum Gasteiger partial charge on any atom is -0.481 e. The second-order valence-corrected chi connectivity index (χ2v) is 9.48. The molecule has 1 aromatic heterocycles. The average molecular weight is 550 g/mol. The Morgan fingerprint density at radius 1 is 1.08 bits per heavy atom. The lowest BCUT2D eigenvalue weighted by atomic mass is 9.95. The van der Waals surface area contributed by atoms with E-state index in [1.165, 1.54) is 12.1 Å². The molecular weight excluding hydrogens is 515 g/mol. The van der Waals surface area contributed by atoms with E-state index in [0.717, 1.165) is 60.4 Å². The van der Waals surface area contributed by atoms with Crippen LogP contribution in [0.25, 0.3) is 11.5 Å². The van der Waals surface area contributed by atoms with Crippen LogP contribution in [0.15, 0.2) is 52.9 Å². The summed E-state index contributed by atoms with van der Waals surface area (Å²) in [5.74, 6) is 0.564. The Morgan fingerprint density at radius 2 is 1.77 bits per heavy atom. The van der Waals surface area contributed by atoms with Crippen molar-refractivity contribution in [1.82, 2.24) is 4.98 Å². The van der Waals surface area contributed by atoms with Crippen molar-refractivity contribution in [2.75, 3.05) is 6.61 Å². The van der Waals surface area contributed by atoms with Gasteiger partial charge >= 0.3 is 12.1 Å². The van der Waals surface area contributed by atoms with Gasteiger partial charge in [-0.1, -0.05) is 29.8 Å². The maximum absolute atomic E-state index is 12.0. The summed E-state index contributed by atoms with van der Waals surface area (Å²) in [5.41, 5.74) is 2.73. The highest BCUT2D eigenvalue weighted by Crippen LogP contribution is 2.29. The van der Waals surface area contributed by atoms with Gasteiger partial charge in [0.25, 0.3) is 0 Å². The van der Waals surface area contributed by atoms with Crippen molar-refractivity contribution in [3.05, 3.63) is 76.7 Å². The van der Waals surface area contributed by atoms with E-state index in [9.17, 15) is 18.0 Å². The Balaban J connectivity index is 0.000000293.